The molecule has 0 aromatic carbocycles. The molecule has 0 aliphatic carbocycles. The van der Waals surface area contributed by atoms with Gasteiger partial charge in [-0.2, -0.15) is 5.26 Å². The second kappa shape index (κ2) is 4.42. The van der Waals surface area contributed by atoms with E-state index < -0.39 is 5.97 Å². The maximum absolute atomic E-state index is 10.9. The molecule has 2 heterocycles. The molecule has 1 aromatic rings. The van der Waals surface area contributed by atoms with Crippen LogP contribution in [0.2, 0.25) is 0 Å². The summed E-state index contributed by atoms with van der Waals surface area (Å²) in [5.41, 5.74) is 1.41. The molecule has 1 saturated heterocycles. The zero-order valence-corrected chi connectivity index (χ0v) is 9.55. The van der Waals surface area contributed by atoms with E-state index in [9.17, 15) is 4.79 Å². The van der Waals surface area contributed by atoms with E-state index in [0.717, 1.165) is 5.56 Å². The van der Waals surface area contributed by atoms with Gasteiger partial charge >= 0.3 is 5.97 Å². The molecule has 1 atom stereocenters. The van der Waals surface area contributed by atoms with E-state index >= 15 is 0 Å². The van der Waals surface area contributed by atoms with Crippen molar-refractivity contribution in [2.75, 3.05) is 18.0 Å². The van der Waals surface area contributed by atoms with E-state index in [1.807, 2.05) is 11.8 Å². The lowest BCUT2D eigenvalue weighted by molar-refractivity contribution is -0.140. The Morgan fingerprint density at radius 1 is 1.71 bits per heavy atom. The largest absolute Gasteiger partial charge is 0.481 e. The standard InChI is InChI=1S/C12H13N3O2/c1-8-2-4-14-11(10(8)6-13)15-5-3-9(7-15)12(16)17/h2,4,9H,3,5,7H2,1H3,(H,16,17). The molecule has 0 saturated carbocycles. The first-order chi connectivity index (χ1) is 8.13. The number of aliphatic carboxylic acids is 1. The van der Waals surface area contributed by atoms with Gasteiger partial charge in [0.1, 0.15) is 11.9 Å². The number of aryl methyl sites for hydroxylation is 1. The van der Waals surface area contributed by atoms with Gasteiger partial charge in [0.15, 0.2) is 0 Å². The number of rotatable bonds is 2. The normalized spacial score (nSPS) is 19.1. The summed E-state index contributed by atoms with van der Waals surface area (Å²) in [4.78, 5) is 17.0. The summed E-state index contributed by atoms with van der Waals surface area (Å²) in [6.45, 7) is 2.93. The lowest BCUT2D eigenvalue weighted by Gasteiger charge is -2.18. The maximum atomic E-state index is 10.9. The summed E-state index contributed by atoms with van der Waals surface area (Å²) in [5.74, 6) is -0.529. The summed E-state index contributed by atoms with van der Waals surface area (Å²) < 4.78 is 0. The molecule has 0 radical (unpaired) electrons. The number of hydrogen-bond donors (Lipinski definition) is 1. The van der Waals surface area contributed by atoms with Gasteiger partial charge in [0.2, 0.25) is 0 Å². The Morgan fingerprint density at radius 3 is 3.06 bits per heavy atom. The van der Waals surface area contributed by atoms with Crippen LogP contribution in [0.25, 0.3) is 0 Å². The number of aromatic nitrogens is 1. The molecule has 5 nitrogen and oxygen atoms in total. The van der Waals surface area contributed by atoms with Crippen molar-refractivity contribution < 1.29 is 9.90 Å². The molecular weight excluding hydrogens is 218 g/mol. The van der Waals surface area contributed by atoms with Gasteiger partial charge in [-0.15, -0.1) is 0 Å². The van der Waals surface area contributed by atoms with Crippen molar-refractivity contribution in [1.29, 1.82) is 5.26 Å². The highest BCUT2D eigenvalue weighted by Crippen LogP contribution is 2.26. The minimum Gasteiger partial charge on any atom is -0.481 e. The van der Waals surface area contributed by atoms with Gasteiger partial charge in [-0.05, 0) is 25.0 Å². The van der Waals surface area contributed by atoms with Crippen LogP contribution in [-0.2, 0) is 4.79 Å². The molecule has 1 aliphatic heterocycles. The second-order valence-corrected chi connectivity index (χ2v) is 4.21. The molecule has 0 bridgehead atoms. The minimum atomic E-state index is -0.779. The fourth-order valence-electron chi connectivity index (χ4n) is 2.08. The van der Waals surface area contributed by atoms with Gasteiger partial charge < -0.3 is 10.0 Å². The highest BCUT2D eigenvalue weighted by molar-refractivity contribution is 5.72. The highest BCUT2D eigenvalue weighted by atomic mass is 16.4. The van der Waals surface area contributed by atoms with Crippen LogP contribution >= 0.6 is 0 Å². The predicted octanol–water partition coefficient (Wildman–Crippen LogP) is 1.17. The van der Waals surface area contributed by atoms with Gasteiger partial charge in [-0.3, -0.25) is 4.79 Å². The number of nitrogens with zero attached hydrogens (tertiary/aromatic N) is 3. The number of anilines is 1. The maximum Gasteiger partial charge on any atom is 0.308 e. The van der Waals surface area contributed by atoms with Crippen molar-refractivity contribution in [1.82, 2.24) is 4.98 Å². The molecule has 1 unspecified atom stereocenters. The van der Waals surface area contributed by atoms with Crippen molar-refractivity contribution in [3.8, 4) is 6.07 Å². The molecule has 17 heavy (non-hydrogen) atoms. The Morgan fingerprint density at radius 2 is 2.47 bits per heavy atom. The first kappa shape index (κ1) is 11.4. The first-order valence-corrected chi connectivity index (χ1v) is 5.47. The Hall–Kier alpha value is -2.09. The van der Waals surface area contributed by atoms with Crippen LogP contribution in [0, 0.1) is 24.2 Å². The van der Waals surface area contributed by atoms with Crippen molar-refractivity contribution in [3.63, 3.8) is 0 Å². The third-order valence-corrected chi connectivity index (χ3v) is 3.09. The third kappa shape index (κ3) is 2.07. The fourth-order valence-corrected chi connectivity index (χ4v) is 2.08. The van der Waals surface area contributed by atoms with E-state index in [1.54, 1.807) is 12.3 Å². The van der Waals surface area contributed by atoms with Crippen molar-refractivity contribution >= 4 is 11.8 Å². The summed E-state index contributed by atoms with van der Waals surface area (Å²) in [6.07, 6.45) is 2.26. The van der Waals surface area contributed by atoms with Crippen LogP contribution < -0.4 is 4.90 Å². The molecule has 1 N–H and O–H groups in total. The van der Waals surface area contributed by atoms with Crippen molar-refractivity contribution in [3.05, 3.63) is 23.4 Å². The molecule has 1 fully saturated rings. The average Bonchev–Trinajstić information content (AvgIpc) is 2.77. The van der Waals surface area contributed by atoms with Gasteiger partial charge in [-0.25, -0.2) is 4.98 Å². The lowest BCUT2D eigenvalue weighted by Crippen LogP contribution is -2.24. The molecule has 5 heteroatoms. The quantitative estimate of drug-likeness (QED) is 0.826. The summed E-state index contributed by atoms with van der Waals surface area (Å²) in [7, 11) is 0. The number of carboxylic acid groups (broad SMARTS) is 1. The molecule has 2 rings (SSSR count). The van der Waals surface area contributed by atoms with Crippen molar-refractivity contribution in [2.24, 2.45) is 5.92 Å². The van der Waals surface area contributed by atoms with Crippen LogP contribution in [0.15, 0.2) is 12.3 Å². The number of carbonyl (C=O) groups is 1. The molecule has 0 spiro atoms. The molecule has 1 aromatic heterocycles. The zero-order valence-electron chi connectivity index (χ0n) is 9.55. The van der Waals surface area contributed by atoms with Crippen LogP contribution in [0.4, 0.5) is 5.82 Å². The Kier molecular flexibility index (Phi) is 2.96. The monoisotopic (exact) mass is 231 g/mol. The Labute approximate surface area is 99.3 Å². The summed E-state index contributed by atoms with van der Waals surface area (Å²) in [5, 5.41) is 18.0. The molecule has 1 aliphatic rings. The highest BCUT2D eigenvalue weighted by Gasteiger charge is 2.30. The van der Waals surface area contributed by atoms with Gasteiger partial charge in [0.05, 0.1) is 11.5 Å². The third-order valence-electron chi connectivity index (χ3n) is 3.09. The second-order valence-electron chi connectivity index (χ2n) is 4.21. The SMILES string of the molecule is Cc1ccnc(N2CCC(C(=O)O)C2)c1C#N. The van der Waals surface area contributed by atoms with E-state index in [2.05, 4.69) is 11.1 Å². The summed E-state index contributed by atoms with van der Waals surface area (Å²) in [6, 6.07) is 3.92. The van der Waals surface area contributed by atoms with E-state index in [-0.39, 0.29) is 5.92 Å². The average molecular weight is 231 g/mol. The minimum absolute atomic E-state index is 0.358. The lowest BCUT2D eigenvalue weighted by atomic mass is 10.1. The smallest absolute Gasteiger partial charge is 0.308 e. The molecule has 0 amide bonds. The van der Waals surface area contributed by atoms with Crippen LogP contribution in [0.1, 0.15) is 17.5 Å². The van der Waals surface area contributed by atoms with Gasteiger partial charge in [0.25, 0.3) is 0 Å². The van der Waals surface area contributed by atoms with Crippen LogP contribution in [-0.4, -0.2) is 29.1 Å². The number of carboxylic acids is 1. The van der Waals surface area contributed by atoms with E-state index in [0.29, 0.717) is 30.9 Å². The number of pyridine rings is 1. The van der Waals surface area contributed by atoms with Crippen LogP contribution in [0.5, 0.6) is 0 Å². The number of nitriles is 1. The summed E-state index contributed by atoms with van der Waals surface area (Å²) >= 11 is 0. The van der Waals surface area contributed by atoms with Crippen molar-refractivity contribution in [2.45, 2.75) is 13.3 Å². The predicted molar refractivity (Wildman–Crippen MR) is 61.6 cm³/mol. The van der Waals surface area contributed by atoms with Crippen LogP contribution in [0.3, 0.4) is 0 Å². The Balaban J connectivity index is 2.28. The fraction of sp³-hybridized carbons (Fsp3) is 0.417. The van der Waals surface area contributed by atoms with E-state index in [1.165, 1.54) is 0 Å². The topological polar surface area (TPSA) is 77.2 Å². The van der Waals surface area contributed by atoms with Gasteiger partial charge in [0, 0.05) is 19.3 Å². The zero-order chi connectivity index (χ0) is 12.4. The van der Waals surface area contributed by atoms with Gasteiger partial charge in [-0.1, -0.05) is 0 Å². The first-order valence-electron chi connectivity index (χ1n) is 5.47. The molecule has 88 valence electrons. The Bertz CT molecular complexity index is 493. The number of hydrogen-bond acceptors (Lipinski definition) is 4. The van der Waals surface area contributed by atoms with E-state index in [4.69, 9.17) is 10.4 Å². The molecular formula is C12H13N3O2.